The molecule has 1 aliphatic heterocycles. The van der Waals surface area contributed by atoms with Crippen molar-refractivity contribution in [2.45, 2.75) is 0 Å². The van der Waals surface area contributed by atoms with E-state index in [9.17, 15) is 5.21 Å². The average molecular weight is 160 g/mol. The predicted molar refractivity (Wildman–Crippen MR) is 48.0 cm³/mol. The number of hydroxylamine groups is 1. The van der Waals surface area contributed by atoms with Gasteiger partial charge in [0.1, 0.15) is 0 Å². The van der Waals surface area contributed by atoms with Gasteiger partial charge in [-0.15, -0.1) is 0 Å². The lowest BCUT2D eigenvalue weighted by Gasteiger charge is -2.11. The Labute approximate surface area is 70.2 Å². The van der Waals surface area contributed by atoms with Crippen LogP contribution < -0.4 is 5.06 Å². The van der Waals surface area contributed by atoms with E-state index in [0.717, 1.165) is 10.8 Å². The normalized spacial score (nSPS) is 14.2. The first-order valence-corrected chi connectivity index (χ1v) is 3.66. The van der Waals surface area contributed by atoms with Gasteiger partial charge in [0.2, 0.25) is 0 Å². The highest BCUT2D eigenvalue weighted by molar-refractivity contribution is 5.81. The zero-order valence-corrected chi connectivity index (χ0v) is 6.38. The van der Waals surface area contributed by atoms with Crippen LogP contribution in [0.5, 0.6) is 0 Å². The smallest absolute Gasteiger partial charge is 0.0942 e. The molecule has 0 unspecified atom stereocenters. The molecule has 3 heteroatoms. The van der Waals surface area contributed by atoms with E-state index in [0.29, 0.717) is 5.69 Å². The van der Waals surface area contributed by atoms with Crippen LogP contribution in [0.15, 0.2) is 41.5 Å². The summed E-state index contributed by atoms with van der Waals surface area (Å²) in [6.45, 7) is 0. The molecule has 1 aromatic carbocycles. The number of benzene rings is 1. The molecular weight excluding hydrogens is 152 g/mol. The molecule has 12 heavy (non-hydrogen) atoms. The Balaban J connectivity index is 2.56. The van der Waals surface area contributed by atoms with Gasteiger partial charge < -0.3 is 0 Å². The minimum Gasteiger partial charge on any atom is -0.284 e. The number of nitrogens with zero attached hydrogens (tertiary/aromatic N) is 2. The van der Waals surface area contributed by atoms with Crippen LogP contribution in [0, 0.1) is 0 Å². The lowest BCUT2D eigenvalue weighted by atomic mass is 10.3. The Hall–Kier alpha value is -1.61. The first kappa shape index (κ1) is 7.06. The van der Waals surface area contributed by atoms with Gasteiger partial charge in [0.15, 0.2) is 0 Å². The van der Waals surface area contributed by atoms with E-state index < -0.39 is 0 Å². The van der Waals surface area contributed by atoms with Gasteiger partial charge in [0, 0.05) is 12.4 Å². The standard InChI is InChI=1S/C9H8N2O/c12-11-7-3-6-10-8-4-1-2-5-9(8)11/h1-7,12H. The zero-order valence-electron chi connectivity index (χ0n) is 6.38. The fourth-order valence-electron chi connectivity index (χ4n) is 1.09. The Morgan fingerprint density at radius 2 is 2.08 bits per heavy atom. The largest absolute Gasteiger partial charge is 0.284 e. The summed E-state index contributed by atoms with van der Waals surface area (Å²) in [5.74, 6) is 0. The number of hydrogen-bond donors (Lipinski definition) is 1. The molecule has 0 bridgehead atoms. The summed E-state index contributed by atoms with van der Waals surface area (Å²) in [6, 6.07) is 7.40. The van der Waals surface area contributed by atoms with Crippen LogP contribution in [0.3, 0.4) is 0 Å². The number of aliphatic imine (C=N–C) groups is 1. The van der Waals surface area contributed by atoms with Crippen molar-refractivity contribution in [3.8, 4) is 0 Å². The quantitative estimate of drug-likeness (QED) is 0.631. The number of allylic oxidation sites excluding steroid dienone is 1. The molecule has 1 aromatic rings. The Morgan fingerprint density at radius 1 is 1.25 bits per heavy atom. The molecule has 2 rings (SSSR count). The lowest BCUT2D eigenvalue weighted by molar-refractivity contribution is 0.296. The molecule has 1 aliphatic rings. The maximum absolute atomic E-state index is 9.41. The summed E-state index contributed by atoms with van der Waals surface area (Å²) in [5.41, 5.74) is 1.47. The summed E-state index contributed by atoms with van der Waals surface area (Å²) in [7, 11) is 0. The summed E-state index contributed by atoms with van der Waals surface area (Å²) >= 11 is 0. The van der Waals surface area contributed by atoms with Crippen molar-refractivity contribution in [2.24, 2.45) is 4.99 Å². The number of rotatable bonds is 0. The van der Waals surface area contributed by atoms with E-state index >= 15 is 0 Å². The molecule has 3 nitrogen and oxygen atoms in total. The van der Waals surface area contributed by atoms with Crippen molar-refractivity contribution >= 4 is 17.6 Å². The van der Waals surface area contributed by atoms with Crippen LogP contribution in [-0.4, -0.2) is 11.4 Å². The second kappa shape index (κ2) is 2.79. The Morgan fingerprint density at radius 3 is 3.00 bits per heavy atom. The van der Waals surface area contributed by atoms with Gasteiger partial charge >= 0.3 is 0 Å². The minimum atomic E-state index is 0.697. The molecule has 0 aromatic heterocycles. The Bertz CT molecular complexity index is 344. The summed E-state index contributed by atoms with van der Waals surface area (Å²) in [4.78, 5) is 4.12. The van der Waals surface area contributed by atoms with Crippen molar-refractivity contribution in [1.82, 2.24) is 0 Å². The first-order chi connectivity index (χ1) is 5.88. The summed E-state index contributed by atoms with van der Waals surface area (Å²) in [5, 5.41) is 10.5. The molecule has 0 fully saturated rings. The van der Waals surface area contributed by atoms with E-state index in [1.54, 1.807) is 18.5 Å². The van der Waals surface area contributed by atoms with E-state index in [1.165, 1.54) is 0 Å². The van der Waals surface area contributed by atoms with Crippen molar-refractivity contribution in [2.75, 3.05) is 5.06 Å². The SMILES string of the molecule is ON1C=CC=Nc2ccccc21. The molecule has 0 saturated heterocycles. The van der Waals surface area contributed by atoms with Crippen LogP contribution in [0.4, 0.5) is 11.4 Å². The molecule has 0 spiro atoms. The number of fused-ring (bicyclic) bond motifs is 1. The Kier molecular flexibility index (Phi) is 1.64. The molecule has 0 amide bonds. The molecule has 60 valence electrons. The van der Waals surface area contributed by atoms with Crippen molar-refractivity contribution in [3.63, 3.8) is 0 Å². The van der Waals surface area contributed by atoms with Gasteiger partial charge in [-0.1, -0.05) is 12.1 Å². The molecule has 0 aliphatic carbocycles. The molecule has 0 atom stereocenters. The highest BCUT2D eigenvalue weighted by Crippen LogP contribution is 2.28. The van der Waals surface area contributed by atoms with Gasteiger partial charge in [-0.05, 0) is 18.2 Å². The highest BCUT2D eigenvalue weighted by Gasteiger charge is 2.05. The molecule has 0 saturated carbocycles. The fourth-order valence-corrected chi connectivity index (χ4v) is 1.09. The maximum Gasteiger partial charge on any atom is 0.0942 e. The third kappa shape index (κ3) is 1.10. The molecule has 1 heterocycles. The fraction of sp³-hybridized carbons (Fsp3) is 0. The van der Waals surface area contributed by atoms with Crippen molar-refractivity contribution in [1.29, 1.82) is 0 Å². The highest BCUT2D eigenvalue weighted by atomic mass is 16.5. The summed E-state index contributed by atoms with van der Waals surface area (Å²) < 4.78 is 0. The van der Waals surface area contributed by atoms with Gasteiger partial charge in [-0.2, -0.15) is 0 Å². The second-order valence-corrected chi connectivity index (χ2v) is 2.45. The van der Waals surface area contributed by atoms with Crippen LogP contribution in [-0.2, 0) is 0 Å². The first-order valence-electron chi connectivity index (χ1n) is 3.66. The van der Waals surface area contributed by atoms with Crippen LogP contribution in [0.1, 0.15) is 0 Å². The van der Waals surface area contributed by atoms with E-state index in [-0.39, 0.29) is 0 Å². The molecular formula is C9H8N2O. The van der Waals surface area contributed by atoms with E-state index in [1.807, 2.05) is 24.3 Å². The molecule has 0 radical (unpaired) electrons. The van der Waals surface area contributed by atoms with E-state index in [4.69, 9.17) is 0 Å². The van der Waals surface area contributed by atoms with Crippen LogP contribution in [0.25, 0.3) is 0 Å². The second-order valence-electron chi connectivity index (χ2n) is 2.45. The zero-order chi connectivity index (χ0) is 8.39. The van der Waals surface area contributed by atoms with Gasteiger partial charge in [0.05, 0.1) is 11.4 Å². The van der Waals surface area contributed by atoms with Gasteiger partial charge in [-0.3, -0.25) is 10.2 Å². The van der Waals surface area contributed by atoms with E-state index in [2.05, 4.69) is 4.99 Å². The minimum absolute atomic E-state index is 0.697. The third-order valence-electron chi connectivity index (χ3n) is 1.66. The lowest BCUT2D eigenvalue weighted by Crippen LogP contribution is -2.07. The number of hydrogen-bond acceptors (Lipinski definition) is 3. The van der Waals surface area contributed by atoms with Gasteiger partial charge in [-0.25, -0.2) is 5.06 Å². The average Bonchev–Trinajstić information content (AvgIpc) is 2.29. The third-order valence-corrected chi connectivity index (χ3v) is 1.66. The predicted octanol–water partition coefficient (Wildman–Crippen LogP) is 2.11. The monoisotopic (exact) mass is 160 g/mol. The van der Waals surface area contributed by atoms with Crippen LogP contribution in [0.2, 0.25) is 0 Å². The van der Waals surface area contributed by atoms with Crippen molar-refractivity contribution in [3.05, 3.63) is 36.5 Å². The number of para-hydroxylation sites is 2. The topological polar surface area (TPSA) is 35.8 Å². The van der Waals surface area contributed by atoms with Crippen molar-refractivity contribution < 1.29 is 5.21 Å². The maximum atomic E-state index is 9.41. The van der Waals surface area contributed by atoms with Crippen LogP contribution >= 0.6 is 0 Å². The molecule has 1 N–H and O–H groups in total. The summed E-state index contributed by atoms with van der Waals surface area (Å²) in [6.07, 6.45) is 4.88. The van der Waals surface area contributed by atoms with Gasteiger partial charge in [0.25, 0.3) is 0 Å². The number of anilines is 1.